The first-order valence-corrected chi connectivity index (χ1v) is 9.28. The molecule has 0 amide bonds. The van der Waals surface area contributed by atoms with Crippen molar-refractivity contribution >= 4 is 10.1 Å². The van der Waals surface area contributed by atoms with Gasteiger partial charge in [0, 0.05) is 0 Å². The molecule has 3 nitrogen and oxygen atoms in total. The molecular formula is C20H17F3O3S. The molecule has 0 saturated heterocycles. The fraction of sp³-hybridized carbons (Fsp3) is 0.100. The van der Waals surface area contributed by atoms with E-state index in [9.17, 15) is 21.6 Å². The molecule has 142 valence electrons. The molecule has 0 aliphatic rings. The monoisotopic (exact) mass is 394 g/mol. The van der Waals surface area contributed by atoms with Crippen LogP contribution in [0.15, 0.2) is 84.9 Å². The Labute approximate surface area is 156 Å². The first-order valence-electron chi connectivity index (χ1n) is 7.87. The van der Waals surface area contributed by atoms with E-state index in [0.29, 0.717) is 0 Å². The minimum atomic E-state index is -5.56. The van der Waals surface area contributed by atoms with Gasteiger partial charge in [-0.15, -0.1) is 0 Å². The van der Waals surface area contributed by atoms with Crippen LogP contribution in [0.3, 0.4) is 0 Å². The maximum absolute atomic E-state index is 11.9. The first kappa shape index (κ1) is 20.5. The second-order valence-electron chi connectivity index (χ2n) is 5.53. The third-order valence-electron chi connectivity index (χ3n) is 3.39. The predicted octanol–water partition coefficient (Wildman–Crippen LogP) is 5.58. The normalized spacial score (nSPS) is 11.3. The second-order valence-corrected chi connectivity index (χ2v) is 7.07. The van der Waals surface area contributed by atoms with Gasteiger partial charge < -0.3 is 4.18 Å². The summed E-state index contributed by atoms with van der Waals surface area (Å²) in [5.74, 6) is -0.363. The van der Waals surface area contributed by atoms with Crippen molar-refractivity contribution < 1.29 is 25.8 Å². The molecule has 27 heavy (non-hydrogen) atoms. The van der Waals surface area contributed by atoms with Crippen LogP contribution in [0.5, 0.6) is 5.75 Å². The lowest BCUT2D eigenvalue weighted by Gasteiger charge is -2.09. The van der Waals surface area contributed by atoms with Gasteiger partial charge in [0.2, 0.25) is 0 Å². The molecule has 0 unspecified atom stereocenters. The topological polar surface area (TPSA) is 43.4 Å². The number of hydrogen-bond acceptors (Lipinski definition) is 3. The summed E-state index contributed by atoms with van der Waals surface area (Å²) in [6.07, 6.45) is 0. The summed E-state index contributed by atoms with van der Waals surface area (Å²) in [4.78, 5) is 0. The number of benzene rings is 3. The molecule has 0 aliphatic heterocycles. The Morgan fingerprint density at radius 3 is 1.48 bits per heavy atom. The number of alkyl halides is 3. The number of halogens is 3. The number of aryl methyl sites for hydroxylation is 1. The van der Waals surface area contributed by atoms with Crippen LogP contribution in [0.2, 0.25) is 0 Å². The van der Waals surface area contributed by atoms with Gasteiger partial charge in [-0.1, -0.05) is 78.4 Å². The van der Waals surface area contributed by atoms with E-state index in [0.717, 1.165) is 17.7 Å². The lowest BCUT2D eigenvalue weighted by molar-refractivity contribution is -0.0500. The molecule has 3 rings (SSSR count). The van der Waals surface area contributed by atoms with Crippen molar-refractivity contribution in [3.63, 3.8) is 0 Å². The van der Waals surface area contributed by atoms with Gasteiger partial charge in [0.1, 0.15) is 5.75 Å². The quantitative estimate of drug-likeness (QED) is 0.430. The zero-order valence-electron chi connectivity index (χ0n) is 14.3. The highest BCUT2D eigenvalue weighted by Crippen LogP contribution is 2.26. The summed E-state index contributed by atoms with van der Waals surface area (Å²) in [7, 11) is -5.56. The maximum atomic E-state index is 11.9. The summed E-state index contributed by atoms with van der Waals surface area (Å²) >= 11 is 0. The molecule has 0 bridgehead atoms. The average molecular weight is 394 g/mol. The molecule has 0 aromatic heterocycles. The molecule has 0 atom stereocenters. The summed E-state index contributed by atoms with van der Waals surface area (Å²) in [5, 5.41) is 0. The summed E-state index contributed by atoms with van der Waals surface area (Å²) < 4.78 is 60.6. The average Bonchev–Trinajstić information content (AvgIpc) is 2.65. The summed E-state index contributed by atoms with van der Waals surface area (Å²) in [6, 6.07) is 26.0. The molecule has 0 aliphatic carbocycles. The smallest absolute Gasteiger partial charge is 0.376 e. The van der Waals surface area contributed by atoms with Crippen LogP contribution in [-0.4, -0.2) is 13.9 Å². The number of hydrogen-bond donors (Lipinski definition) is 0. The van der Waals surface area contributed by atoms with E-state index in [1.165, 1.54) is 23.3 Å². The van der Waals surface area contributed by atoms with Crippen LogP contribution in [-0.2, 0) is 10.1 Å². The van der Waals surface area contributed by atoms with Crippen molar-refractivity contribution in [2.24, 2.45) is 0 Å². The van der Waals surface area contributed by atoms with Gasteiger partial charge in [0.25, 0.3) is 0 Å². The predicted molar refractivity (Wildman–Crippen MR) is 98.7 cm³/mol. The van der Waals surface area contributed by atoms with Crippen LogP contribution in [0.4, 0.5) is 13.2 Å². The van der Waals surface area contributed by atoms with Crippen LogP contribution < -0.4 is 4.18 Å². The van der Waals surface area contributed by atoms with Gasteiger partial charge >= 0.3 is 15.6 Å². The van der Waals surface area contributed by atoms with Gasteiger partial charge in [0.05, 0.1) is 0 Å². The van der Waals surface area contributed by atoms with Crippen molar-refractivity contribution in [1.82, 2.24) is 0 Å². The van der Waals surface area contributed by atoms with Gasteiger partial charge in [-0.25, -0.2) is 0 Å². The molecule has 0 radical (unpaired) electrons. The number of rotatable bonds is 3. The second kappa shape index (κ2) is 8.73. The standard InChI is InChI=1S/C12H10.C8H7F3O3S/c1-3-7-11(8-4-1)12-9-5-2-6-10-12;1-6-2-4-7(5-3-6)14-15(12,13)8(9,10)11/h1-10H;2-5H,1H3. The van der Waals surface area contributed by atoms with E-state index in [-0.39, 0.29) is 5.75 Å². The third kappa shape index (κ3) is 6.14. The van der Waals surface area contributed by atoms with Crippen molar-refractivity contribution in [2.45, 2.75) is 12.4 Å². The first-order chi connectivity index (χ1) is 12.7. The zero-order chi connectivity index (χ0) is 19.9. The summed E-state index contributed by atoms with van der Waals surface area (Å²) in [6.45, 7) is 1.71. The van der Waals surface area contributed by atoms with Crippen LogP contribution in [0, 0.1) is 6.92 Å². The molecule has 3 aromatic rings. The Bertz CT molecular complexity index is 900. The highest BCUT2D eigenvalue weighted by atomic mass is 32.2. The molecule has 0 heterocycles. The molecule has 3 aromatic carbocycles. The van der Waals surface area contributed by atoms with Gasteiger partial charge in [-0.3, -0.25) is 0 Å². The lowest BCUT2D eigenvalue weighted by Crippen LogP contribution is -2.28. The van der Waals surface area contributed by atoms with E-state index in [4.69, 9.17) is 0 Å². The zero-order valence-corrected chi connectivity index (χ0v) is 15.2. The van der Waals surface area contributed by atoms with Gasteiger partial charge in [0.15, 0.2) is 0 Å². The highest BCUT2D eigenvalue weighted by Gasteiger charge is 2.48. The molecular weight excluding hydrogens is 377 g/mol. The van der Waals surface area contributed by atoms with Crippen LogP contribution in [0.1, 0.15) is 5.56 Å². The van der Waals surface area contributed by atoms with E-state index in [1.54, 1.807) is 6.92 Å². The third-order valence-corrected chi connectivity index (χ3v) is 4.37. The van der Waals surface area contributed by atoms with E-state index in [1.807, 2.05) is 12.1 Å². The van der Waals surface area contributed by atoms with Crippen LogP contribution in [0.25, 0.3) is 11.1 Å². The molecule has 7 heteroatoms. The Balaban J connectivity index is 0.000000198. The molecule has 0 fully saturated rings. The molecule has 0 N–H and O–H groups in total. The lowest BCUT2D eigenvalue weighted by atomic mass is 10.1. The Hall–Kier alpha value is -2.80. The Kier molecular flexibility index (Phi) is 6.63. The van der Waals surface area contributed by atoms with Crippen molar-refractivity contribution in [3.8, 4) is 16.9 Å². The van der Waals surface area contributed by atoms with Gasteiger partial charge in [-0.2, -0.15) is 21.6 Å². The molecule has 0 saturated carbocycles. The highest BCUT2D eigenvalue weighted by molar-refractivity contribution is 7.88. The fourth-order valence-electron chi connectivity index (χ4n) is 2.03. The minimum absolute atomic E-state index is 0.363. The van der Waals surface area contributed by atoms with Crippen LogP contribution >= 0.6 is 0 Å². The SMILES string of the molecule is Cc1ccc(OS(=O)(=O)C(F)(F)F)cc1.c1ccc(-c2ccccc2)cc1. The van der Waals surface area contributed by atoms with Crippen molar-refractivity contribution in [3.05, 3.63) is 90.5 Å². The maximum Gasteiger partial charge on any atom is 0.534 e. The summed E-state index contributed by atoms with van der Waals surface area (Å²) in [5.41, 5.74) is -2.07. The Morgan fingerprint density at radius 2 is 1.11 bits per heavy atom. The van der Waals surface area contributed by atoms with Gasteiger partial charge in [-0.05, 0) is 30.2 Å². The van der Waals surface area contributed by atoms with E-state index < -0.39 is 15.6 Å². The van der Waals surface area contributed by atoms with E-state index in [2.05, 4.69) is 52.7 Å². The van der Waals surface area contributed by atoms with Crippen molar-refractivity contribution in [2.75, 3.05) is 0 Å². The van der Waals surface area contributed by atoms with Crippen molar-refractivity contribution in [1.29, 1.82) is 0 Å². The fourth-order valence-corrected chi connectivity index (χ4v) is 2.49. The largest absolute Gasteiger partial charge is 0.534 e. The van der Waals surface area contributed by atoms with E-state index >= 15 is 0 Å². The molecule has 0 spiro atoms. The Morgan fingerprint density at radius 1 is 0.704 bits per heavy atom. The minimum Gasteiger partial charge on any atom is -0.376 e.